The Bertz CT molecular complexity index is 373. The van der Waals surface area contributed by atoms with Crippen LogP contribution in [-0.4, -0.2) is 15.0 Å². The highest BCUT2D eigenvalue weighted by Crippen LogP contribution is 2.21. The Labute approximate surface area is 81.7 Å². The molecule has 0 spiro atoms. The third-order valence-electron chi connectivity index (χ3n) is 1.27. The van der Waals surface area contributed by atoms with Crippen molar-refractivity contribution in [3.63, 3.8) is 0 Å². The molecule has 0 saturated carbocycles. The van der Waals surface area contributed by atoms with Gasteiger partial charge < -0.3 is 0 Å². The lowest BCUT2D eigenvalue weighted by atomic mass is 10.4. The molecule has 2 rings (SSSR count). The van der Waals surface area contributed by atoms with Gasteiger partial charge in [-0.05, 0) is 22.0 Å². The summed E-state index contributed by atoms with van der Waals surface area (Å²) in [6.07, 6.45) is 3.41. The van der Waals surface area contributed by atoms with E-state index in [0.717, 1.165) is 9.61 Å². The topological polar surface area (TPSA) is 38.7 Å². The van der Waals surface area contributed by atoms with Crippen molar-refractivity contribution in [2.75, 3.05) is 0 Å². The first-order valence-electron chi connectivity index (χ1n) is 3.24. The third kappa shape index (κ3) is 1.51. The Morgan fingerprint density at radius 2 is 2.00 bits per heavy atom. The van der Waals surface area contributed by atoms with Crippen molar-refractivity contribution in [1.82, 2.24) is 15.0 Å². The van der Waals surface area contributed by atoms with Crippen LogP contribution >= 0.6 is 27.3 Å². The molecule has 0 aromatic carbocycles. The molecule has 0 bridgehead atoms. The molecule has 2 heterocycles. The largest absolute Gasteiger partial charge is 0.235 e. The molecule has 60 valence electrons. The molecule has 0 N–H and O–H groups in total. The SMILES string of the molecule is Brc1nc(-c2ncccn2)cs1. The van der Waals surface area contributed by atoms with Crippen LogP contribution in [0.3, 0.4) is 0 Å². The summed E-state index contributed by atoms with van der Waals surface area (Å²) < 4.78 is 0.852. The molecule has 0 aliphatic heterocycles. The molecule has 0 aliphatic rings. The van der Waals surface area contributed by atoms with Crippen molar-refractivity contribution in [3.05, 3.63) is 27.8 Å². The van der Waals surface area contributed by atoms with Gasteiger partial charge in [-0.1, -0.05) is 0 Å². The maximum absolute atomic E-state index is 4.19. The number of aromatic nitrogens is 3. The lowest BCUT2D eigenvalue weighted by Gasteiger charge is -1.90. The first-order chi connectivity index (χ1) is 5.86. The fraction of sp³-hybridized carbons (Fsp3) is 0. The smallest absolute Gasteiger partial charge is 0.179 e. The summed E-state index contributed by atoms with van der Waals surface area (Å²) in [6, 6.07) is 1.78. The van der Waals surface area contributed by atoms with Crippen molar-refractivity contribution >= 4 is 27.3 Å². The molecule has 2 aromatic heterocycles. The molecular weight excluding hydrogens is 238 g/mol. The predicted octanol–water partition coefficient (Wildman–Crippen LogP) is 2.36. The van der Waals surface area contributed by atoms with E-state index < -0.39 is 0 Å². The van der Waals surface area contributed by atoms with Crippen LogP contribution in [0.25, 0.3) is 11.5 Å². The van der Waals surface area contributed by atoms with E-state index in [0.29, 0.717) is 5.82 Å². The van der Waals surface area contributed by atoms with Crippen LogP contribution in [-0.2, 0) is 0 Å². The van der Waals surface area contributed by atoms with E-state index in [1.165, 1.54) is 11.3 Å². The van der Waals surface area contributed by atoms with Crippen molar-refractivity contribution in [3.8, 4) is 11.5 Å². The maximum Gasteiger partial charge on any atom is 0.179 e. The molecule has 2 aromatic rings. The number of nitrogens with zero attached hydrogens (tertiary/aromatic N) is 3. The van der Waals surface area contributed by atoms with Crippen molar-refractivity contribution < 1.29 is 0 Å². The van der Waals surface area contributed by atoms with Gasteiger partial charge in [-0.25, -0.2) is 15.0 Å². The monoisotopic (exact) mass is 241 g/mol. The molecule has 0 amide bonds. The summed E-state index contributed by atoms with van der Waals surface area (Å²) in [5.41, 5.74) is 0.812. The van der Waals surface area contributed by atoms with Crippen molar-refractivity contribution in [2.24, 2.45) is 0 Å². The molecule has 0 radical (unpaired) electrons. The van der Waals surface area contributed by atoms with Gasteiger partial charge in [0.1, 0.15) is 5.69 Å². The highest BCUT2D eigenvalue weighted by molar-refractivity contribution is 9.11. The molecular formula is C7H4BrN3S. The summed E-state index contributed by atoms with van der Waals surface area (Å²) in [5.74, 6) is 0.666. The van der Waals surface area contributed by atoms with Gasteiger partial charge in [0.25, 0.3) is 0 Å². The Hall–Kier alpha value is -0.810. The van der Waals surface area contributed by atoms with Gasteiger partial charge in [-0.2, -0.15) is 0 Å². The van der Waals surface area contributed by atoms with Crippen LogP contribution in [0.1, 0.15) is 0 Å². The summed E-state index contributed by atoms with van der Waals surface area (Å²) in [5, 5.41) is 1.92. The molecule has 0 unspecified atom stereocenters. The Kier molecular flexibility index (Phi) is 2.14. The highest BCUT2D eigenvalue weighted by atomic mass is 79.9. The summed E-state index contributed by atoms with van der Waals surface area (Å²) >= 11 is 4.81. The lowest BCUT2D eigenvalue weighted by Crippen LogP contribution is -1.85. The first kappa shape index (κ1) is 7.82. The highest BCUT2D eigenvalue weighted by Gasteiger charge is 2.03. The molecule has 12 heavy (non-hydrogen) atoms. The second kappa shape index (κ2) is 3.28. The lowest BCUT2D eigenvalue weighted by molar-refractivity contribution is 1.15. The normalized spacial score (nSPS) is 10.1. The molecule has 5 heteroatoms. The van der Waals surface area contributed by atoms with E-state index in [9.17, 15) is 0 Å². The minimum atomic E-state index is 0.666. The fourth-order valence-corrected chi connectivity index (χ4v) is 1.78. The van der Waals surface area contributed by atoms with Gasteiger partial charge in [-0.15, -0.1) is 11.3 Å². The van der Waals surface area contributed by atoms with E-state index in [1.54, 1.807) is 18.5 Å². The zero-order chi connectivity index (χ0) is 8.39. The zero-order valence-electron chi connectivity index (χ0n) is 5.94. The van der Waals surface area contributed by atoms with Gasteiger partial charge in [0.2, 0.25) is 0 Å². The standard InChI is InChI=1S/C7H4BrN3S/c8-7-11-5(4-12-7)6-9-2-1-3-10-6/h1-4H. The van der Waals surface area contributed by atoms with E-state index in [2.05, 4.69) is 30.9 Å². The average molecular weight is 242 g/mol. The molecule has 0 aliphatic carbocycles. The number of thiazole rings is 1. The maximum atomic E-state index is 4.19. The Morgan fingerprint density at radius 1 is 1.25 bits per heavy atom. The van der Waals surface area contributed by atoms with Crippen LogP contribution in [0.2, 0.25) is 0 Å². The summed E-state index contributed by atoms with van der Waals surface area (Å²) in [6.45, 7) is 0. The van der Waals surface area contributed by atoms with Crippen LogP contribution in [0.15, 0.2) is 27.8 Å². The quantitative estimate of drug-likeness (QED) is 0.770. The third-order valence-corrected chi connectivity index (χ3v) is 2.64. The van der Waals surface area contributed by atoms with Gasteiger partial charge >= 0.3 is 0 Å². The van der Waals surface area contributed by atoms with E-state index in [-0.39, 0.29) is 0 Å². The van der Waals surface area contributed by atoms with Gasteiger partial charge in [-0.3, -0.25) is 0 Å². The Morgan fingerprint density at radius 3 is 2.58 bits per heavy atom. The summed E-state index contributed by atoms with van der Waals surface area (Å²) in [7, 11) is 0. The summed E-state index contributed by atoms with van der Waals surface area (Å²) in [4.78, 5) is 12.3. The first-order valence-corrected chi connectivity index (χ1v) is 4.92. The predicted molar refractivity (Wildman–Crippen MR) is 50.8 cm³/mol. The van der Waals surface area contributed by atoms with Crippen LogP contribution < -0.4 is 0 Å². The molecule has 0 saturated heterocycles. The van der Waals surface area contributed by atoms with Crippen molar-refractivity contribution in [2.45, 2.75) is 0 Å². The zero-order valence-corrected chi connectivity index (χ0v) is 8.34. The number of hydrogen-bond acceptors (Lipinski definition) is 4. The average Bonchev–Trinajstić information content (AvgIpc) is 2.54. The van der Waals surface area contributed by atoms with Gasteiger partial charge in [0.15, 0.2) is 9.74 Å². The van der Waals surface area contributed by atoms with Crippen LogP contribution in [0.4, 0.5) is 0 Å². The Balaban J connectivity index is 2.45. The minimum Gasteiger partial charge on any atom is -0.235 e. The van der Waals surface area contributed by atoms with E-state index in [4.69, 9.17) is 0 Å². The van der Waals surface area contributed by atoms with E-state index in [1.807, 2.05) is 5.38 Å². The van der Waals surface area contributed by atoms with Crippen molar-refractivity contribution in [1.29, 1.82) is 0 Å². The van der Waals surface area contributed by atoms with Crippen LogP contribution in [0, 0.1) is 0 Å². The number of hydrogen-bond donors (Lipinski definition) is 0. The van der Waals surface area contributed by atoms with Crippen LogP contribution in [0.5, 0.6) is 0 Å². The van der Waals surface area contributed by atoms with E-state index >= 15 is 0 Å². The molecule has 3 nitrogen and oxygen atoms in total. The molecule has 0 atom stereocenters. The number of rotatable bonds is 1. The fourth-order valence-electron chi connectivity index (χ4n) is 0.786. The second-order valence-electron chi connectivity index (χ2n) is 2.06. The number of halogens is 1. The van der Waals surface area contributed by atoms with Gasteiger partial charge in [0, 0.05) is 17.8 Å². The van der Waals surface area contributed by atoms with Gasteiger partial charge in [0.05, 0.1) is 0 Å². The second-order valence-corrected chi connectivity index (χ2v) is 4.19. The molecule has 0 fully saturated rings. The minimum absolute atomic E-state index is 0.666.